The highest BCUT2D eigenvalue weighted by atomic mass is 35.5. The molecule has 0 aliphatic carbocycles. The Morgan fingerprint density at radius 1 is 1.41 bits per heavy atom. The summed E-state index contributed by atoms with van der Waals surface area (Å²) in [5, 5.41) is 3.99. The van der Waals surface area contributed by atoms with E-state index < -0.39 is 0 Å². The summed E-state index contributed by atoms with van der Waals surface area (Å²) in [6.07, 6.45) is 3.94. The number of anilines is 1. The molecule has 0 spiro atoms. The SMILES string of the molecule is CN1CCC(CNc2nc(Cl)ncc2Cl)CC1. The monoisotopic (exact) mass is 274 g/mol. The third kappa shape index (κ3) is 3.69. The van der Waals surface area contributed by atoms with Gasteiger partial charge in [0, 0.05) is 6.54 Å². The molecule has 2 heterocycles. The van der Waals surface area contributed by atoms with Gasteiger partial charge in [-0.2, -0.15) is 4.98 Å². The topological polar surface area (TPSA) is 41.0 Å². The maximum Gasteiger partial charge on any atom is 0.224 e. The van der Waals surface area contributed by atoms with Gasteiger partial charge in [0.15, 0.2) is 0 Å². The molecule has 0 aromatic carbocycles. The molecule has 94 valence electrons. The van der Waals surface area contributed by atoms with Crippen molar-refractivity contribution >= 4 is 29.0 Å². The van der Waals surface area contributed by atoms with E-state index in [1.807, 2.05) is 0 Å². The molecule has 0 bridgehead atoms. The van der Waals surface area contributed by atoms with Gasteiger partial charge in [-0.3, -0.25) is 0 Å². The smallest absolute Gasteiger partial charge is 0.224 e. The molecular weight excluding hydrogens is 259 g/mol. The summed E-state index contributed by atoms with van der Waals surface area (Å²) in [6, 6.07) is 0. The van der Waals surface area contributed by atoms with Crippen molar-refractivity contribution in [3.05, 3.63) is 16.5 Å². The lowest BCUT2D eigenvalue weighted by Crippen LogP contribution is -2.33. The minimum Gasteiger partial charge on any atom is -0.368 e. The van der Waals surface area contributed by atoms with Crippen molar-refractivity contribution in [1.82, 2.24) is 14.9 Å². The summed E-state index contributed by atoms with van der Waals surface area (Å²) < 4.78 is 0. The highest BCUT2D eigenvalue weighted by Gasteiger charge is 2.16. The van der Waals surface area contributed by atoms with Crippen LogP contribution >= 0.6 is 23.2 Å². The van der Waals surface area contributed by atoms with Crippen molar-refractivity contribution in [2.45, 2.75) is 12.8 Å². The number of hydrogen-bond acceptors (Lipinski definition) is 4. The van der Waals surface area contributed by atoms with E-state index in [2.05, 4.69) is 27.2 Å². The minimum absolute atomic E-state index is 0.222. The number of nitrogens with one attached hydrogen (secondary N) is 1. The van der Waals surface area contributed by atoms with E-state index in [1.165, 1.54) is 19.0 Å². The highest BCUT2D eigenvalue weighted by Crippen LogP contribution is 2.21. The van der Waals surface area contributed by atoms with Crippen molar-refractivity contribution in [2.24, 2.45) is 5.92 Å². The first-order chi connectivity index (χ1) is 8.15. The molecule has 6 heteroatoms. The van der Waals surface area contributed by atoms with Gasteiger partial charge in [-0.1, -0.05) is 11.6 Å². The van der Waals surface area contributed by atoms with Crippen LogP contribution in [0.4, 0.5) is 5.82 Å². The fourth-order valence-corrected chi connectivity index (χ4v) is 2.27. The maximum atomic E-state index is 5.98. The zero-order chi connectivity index (χ0) is 12.3. The standard InChI is InChI=1S/C11H16Cl2N4/c1-17-4-2-8(3-5-17)6-14-10-9(12)7-15-11(13)16-10/h7-8H,2-6H2,1H3,(H,14,15,16). The van der Waals surface area contributed by atoms with Crippen molar-refractivity contribution in [2.75, 3.05) is 32.0 Å². The van der Waals surface area contributed by atoms with Gasteiger partial charge in [0.25, 0.3) is 0 Å². The number of likely N-dealkylation sites (tertiary alicyclic amines) is 1. The van der Waals surface area contributed by atoms with Crippen LogP contribution in [0.5, 0.6) is 0 Å². The molecule has 17 heavy (non-hydrogen) atoms. The largest absolute Gasteiger partial charge is 0.368 e. The van der Waals surface area contributed by atoms with Crippen molar-refractivity contribution in [3.8, 4) is 0 Å². The van der Waals surface area contributed by atoms with Crippen LogP contribution < -0.4 is 5.32 Å². The zero-order valence-electron chi connectivity index (χ0n) is 9.79. The van der Waals surface area contributed by atoms with Crippen LogP contribution in [0.25, 0.3) is 0 Å². The molecule has 0 saturated carbocycles. The average Bonchev–Trinajstić information content (AvgIpc) is 2.32. The Morgan fingerprint density at radius 3 is 2.82 bits per heavy atom. The molecule has 2 rings (SSSR count). The van der Waals surface area contributed by atoms with E-state index in [-0.39, 0.29) is 5.28 Å². The fourth-order valence-electron chi connectivity index (χ4n) is 1.98. The van der Waals surface area contributed by atoms with Crippen molar-refractivity contribution in [3.63, 3.8) is 0 Å². The van der Waals surface area contributed by atoms with Crippen molar-refractivity contribution in [1.29, 1.82) is 0 Å². The molecule has 0 unspecified atom stereocenters. The summed E-state index contributed by atoms with van der Waals surface area (Å²) in [7, 11) is 2.16. The lowest BCUT2D eigenvalue weighted by molar-refractivity contribution is 0.226. The second-order valence-electron chi connectivity index (χ2n) is 4.46. The average molecular weight is 275 g/mol. The predicted molar refractivity (Wildman–Crippen MR) is 70.8 cm³/mol. The minimum atomic E-state index is 0.222. The molecule has 0 atom stereocenters. The van der Waals surface area contributed by atoms with Gasteiger partial charge in [-0.25, -0.2) is 4.98 Å². The maximum absolute atomic E-state index is 5.98. The van der Waals surface area contributed by atoms with E-state index in [0.717, 1.165) is 19.6 Å². The van der Waals surface area contributed by atoms with E-state index in [4.69, 9.17) is 23.2 Å². The van der Waals surface area contributed by atoms with E-state index in [9.17, 15) is 0 Å². The zero-order valence-corrected chi connectivity index (χ0v) is 11.3. The first kappa shape index (κ1) is 12.9. The molecule has 1 fully saturated rings. The van der Waals surface area contributed by atoms with E-state index in [0.29, 0.717) is 16.8 Å². The Labute approximate surface area is 111 Å². The summed E-state index contributed by atoms with van der Waals surface area (Å²) in [4.78, 5) is 10.2. The Morgan fingerprint density at radius 2 is 2.12 bits per heavy atom. The van der Waals surface area contributed by atoms with Gasteiger partial charge >= 0.3 is 0 Å². The van der Waals surface area contributed by atoms with Gasteiger partial charge in [0.05, 0.1) is 6.20 Å². The molecule has 1 aromatic heterocycles. The second-order valence-corrected chi connectivity index (χ2v) is 5.21. The Bertz CT molecular complexity index is 378. The molecule has 1 aliphatic rings. The Hall–Kier alpha value is -0.580. The lowest BCUT2D eigenvalue weighted by atomic mass is 9.97. The van der Waals surface area contributed by atoms with Crippen LogP contribution in [0.3, 0.4) is 0 Å². The highest BCUT2D eigenvalue weighted by molar-refractivity contribution is 6.33. The number of hydrogen-bond donors (Lipinski definition) is 1. The third-order valence-corrected chi connectivity index (χ3v) is 3.57. The summed E-state index contributed by atoms with van der Waals surface area (Å²) in [5.74, 6) is 1.31. The molecule has 1 aromatic rings. The van der Waals surface area contributed by atoms with Crippen LogP contribution in [0, 0.1) is 5.92 Å². The molecule has 0 amide bonds. The van der Waals surface area contributed by atoms with Gasteiger partial charge in [-0.15, -0.1) is 0 Å². The molecular formula is C11H16Cl2N4. The lowest BCUT2D eigenvalue weighted by Gasteiger charge is -2.29. The van der Waals surface area contributed by atoms with Gasteiger partial charge < -0.3 is 10.2 Å². The molecule has 1 N–H and O–H groups in total. The van der Waals surface area contributed by atoms with Gasteiger partial charge in [0.2, 0.25) is 5.28 Å². The third-order valence-electron chi connectivity index (χ3n) is 3.11. The van der Waals surface area contributed by atoms with Crippen LogP contribution in [-0.2, 0) is 0 Å². The first-order valence-corrected chi connectivity index (χ1v) is 6.51. The predicted octanol–water partition coefficient (Wildman–Crippen LogP) is 2.54. The number of nitrogens with zero attached hydrogens (tertiary/aromatic N) is 3. The van der Waals surface area contributed by atoms with E-state index >= 15 is 0 Å². The number of piperidine rings is 1. The number of halogens is 2. The van der Waals surface area contributed by atoms with Crippen LogP contribution in [0.15, 0.2) is 6.20 Å². The first-order valence-electron chi connectivity index (χ1n) is 5.75. The van der Waals surface area contributed by atoms with Gasteiger partial charge in [0.1, 0.15) is 10.8 Å². The number of rotatable bonds is 3. The molecule has 0 radical (unpaired) electrons. The fraction of sp³-hybridized carbons (Fsp3) is 0.636. The van der Waals surface area contributed by atoms with Crippen molar-refractivity contribution < 1.29 is 0 Å². The van der Waals surface area contributed by atoms with E-state index in [1.54, 1.807) is 0 Å². The summed E-state index contributed by atoms with van der Waals surface area (Å²) in [6.45, 7) is 3.20. The van der Waals surface area contributed by atoms with Crippen LogP contribution in [-0.4, -0.2) is 41.5 Å². The normalized spacial score (nSPS) is 18.3. The Balaban J connectivity index is 1.87. The summed E-state index contributed by atoms with van der Waals surface area (Å²) >= 11 is 11.7. The van der Waals surface area contributed by atoms with Gasteiger partial charge in [-0.05, 0) is 50.5 Å². The Kier molecular flexibility index (Phi) is 4.42. The quantitative estimate of drug-likeness (QED) is 0.861. The molecule has 1 aliphatic heterocycles. The van der Waals surface area contributed by atoms with Crippen LogP contribution in [0.1, 0.15) is 12.8 Å². The second kappa shape index (κ2) is 5.85. The molecule has 1 saturated heterocycles. The van der Waals surface area contributed by atoms with Crippen LogP contribution in [0.2, 0.25) is 10.3 Å². The molecule has 4 nitrogen and oxygen atoms in total. The number of aromatic nitrogens is 2. The summed E-state index contributed by atoms with van der Waals surface area (Å²) in [5.41, 5.74) is 0.